The second kappa shape index (κ2) is 9.26. The first-order chi connectivity index (χ1) is 13.9. The van der Waals surface area contributed by atoms with Gasteiger partial charge in [0.1, 0.15) is 5.75 Å². The second-order valence-corrected chi connectivity index (χ2v) is 6.98. The van der Waals surface area contributed by atoms with E-state index in [9.17, 15) is 14.7 Å². The first-order valence-electron chi connectivity index (χ1n) is 9.04. The van der Waals surface area contributed by atoms with Crippen molar-refractivity contribution in [3.63, 3.8) is 0 Å². The average Bonchev–Trinajstić information content (AvgIpc) is 2.72. The predicted molar refractivity (Wildman–Crippen MR) is 112 cm³/mol. The van der Waals surface area contributed by atoms with Crippen molar-refractivity contribution in [2.75, 3.05) is 6.61 Å². The first kappa shape index (κ1) is 20.4. The number of benzene rings is 3. The number of rotatable bonds is 6. The Kier molecular flexibility index (Phi) is 6.52. The van der Waals surface area contributed by atoms with Crippen LogP contribution in [0.2, 0.25) is 5.02 Å². The fraction of sp³-hybridized carbons (Fsp3) is 0.130. The number of halogens is 1. The van der Waals surface area contributed by atoms with Crippen LogP contribution in [0.3, 0.4) is 0 Å². The molecule has 0 aliphatic heterocycles. The molecule has 0 unspecified atom stereocenters. The summed E-state index contributed by atoms with van der Waals surface area (Å²) in [4.78, 5) is 24.3. The molecule has 5 nitrogen and oxygen atoms in total. The molecule has 3 rings (SSSR count). The minimum absolute atomic E-state index is 0.192. The lowest BCUT2D eigenvalue weighted by Crippen LogP contribution is -2.31. The third kappa shape index (κ3) is 5.59. The van der Waals surface area contributed by atoms with Crippen molar-refractivity contribution >= 4 is 23.5 Å². The molecule has 6 heteroatoms. The normalized spacial score (nSPS) is 11.5. The van der Waals surface area contributed by atoms with Crippen LogP contribution in [0, 0.1) is 0 Å². The summed E-state index contributed by atoms with van der Waals surface area (Å²) in [5.74, 6) is -0.781. The number of ether oxygens (including phenoxy) is 1. The molecule has 148 valence electrons. The van der Waals surface area contributed by atoms with Crippen LogP contribution in [-0.2, 0) is 9.53 Å². The summed E-state index contributed by atoms with van der Waals surface area (Å²) in [5.41, 5.74) is 3.02. The molecular formula is C23H20ClNO4. The predicted octanol–water partition coefficient (Wildman–Crippen LogP) is 4.75. The van der Waals surface area contributed by atoms with Gasteiger partial charge in [-0.2, -0.15) is 0 Å². The SMILES string of the molecule is C[C@@H](NC(=O)COC(=O)c1ccc(-c2ccc(O)cc2)cc1)c1cccc(Cl)c1. The molecule has 0 saturated heterocycles. The van der Waals surface area contributed by atoms with Gasteiger partial charge < -0.3 is 15.2 Å². The summed E-state index contributed by atoms with van der Waals surface area (Å²) in [6.07, 6.45) is 0. The quantitative estimate of drug-likeness (QED) is 0.576. The third-order valence-electron chi connectivity index (χ3n) is 4.38. The van der Waals surface area contributed by atoms with Gasteiger partial charge in [-0.15, -0.1) is 0 Å². The molecule has 3 aromatic rings. The number of amides is 1. The monoisotopic (exact) mass is 409 g/mol. The van der Waals surface area contributed by atoms with Gasteiger partial charge in [-0.3, -0.25) is 4.79 Å². The molecule has 0 spiro atoms. The van der Waals surface area contributed by atoms with Gasteiger partial charge in [0.05, 0.1) is 11.6 Å². The number of hydrogen-bond donors (Lipinski definition) is 2. The molecule has 0 saturated carbocycles. The number of carbonyl (C=O) groups is 2. The second-order valence-electron chi connectivity index (χ2n) is 6.54. The van der Waals surface area contributed by atoms with E-state index in [2.05, 4.69) is 5.32 Å². The van der Waals surface area contributed by atoms with Crippen LogP contribution in [0.4, 0.5) is 0 Å². The molecule has 1 atom stereocenters. The first-order valence-corrected chi connectivity index (χ1v) is 9.41. The number of aromatic hydroxyl groups is 1. The van der Waals surface area contributed by atoms with Crippen molar-refractivity contribution in [2.45, 2.75) is 13.0 Å². The van der Waals surface area contributed by atoms with E-state index in [0.717, 1.165) is 16.7 Å². The van der Waals surface area contributed by atoms with Gasteiger partial charge in [0.25, 0.3) is 5.91 Å². The number of hydrogen-bond acceptors (Lipinski definition) is 4. The maximum Gasteiger partial charge on any atom is 0.338 e. The Morgan fingerprint density at radius 2 is 1.62 bits per heavy atom. The van der Waals surface area contributed by atoms with Crippen LogP contribution in [0.1, 0.15) is 28.9 Å². The zero-order chi connectivity index (χ0) is 20.8. The molecule has 0 heterocycles. The summed E-state index contributed by atoms with van der Waals surface area (Å²) in [7, 11) is 0. The van der Waals surface area contributed by atoms with Gasteiger partial charge in [-0.25, -0.2) is 4.79 Å². The molecule has 3 aromatic carbocycles. The number of phenols is 1. The van der Waals surface area contributed by atoms with E-state index in [-0.39, 0.29) is 18.4 Å². The molecule has 0 bridgehead atoms. The fourth-order valence-corrected chi connectivity index (χ4v) is 3.01. The molecule has 0 aliphatic carbocycles. The molecule has 2 N–H and O–H groups in total. The molecule has 0 aromatic heterocycles. The van der Waals surface area contributed by atoms with Gasteiger partial charge in [-0.05, 0) is 60.0 Å². The Balaban J connectivity index is 1.53. The van der Waals surface area contributed by atoms with E-state index in [1.165, 1.54) is 0 Å². The summed E-state index contributed by atoms with van der Waals surface area (Å²) in [6, 6.07) is 20.5. The highest BCUT2D eigenvalue weighted by atomic mass is 35.5. The Labute approximate surface area is 173 Å². The van der Waals surface area contributed by atoms with Crippen LogP contribution in [0.25, 0.3) is 11.1 Å². The Bertz CT molecular complexity index is 1000. The average molecular weight is 410 g/mol. The maximum atomic E-state index is 12.2. The van der Waals surface area contributed by atoms with Crippen LogP contribution in [0.5, 0.6) is 5.75 Å². The third-order valence-corrected chi connectivity index (χ3v) is 4.62. The van der Waals surface area contributed by atoms with Crippen LogP contribution >= 0.6 is 11.6 Å². The van der Waals surface area contributed by atoms with Crippen molar-refractivity contribution in [1.29, 1.82) is 0 Å². The maximum absolute atomic E-state index is 12.2. The van der Waals surface area contributed by atoms with E-state index in [1.807, 2.05) is 19.1 Å². The number of phenolic OH excluding ortho intramolecular Hbond substituents is 1. The molecule has 0 fully saturated rings. The van der Waals surface area contributed by atoms with Gasteiger partial charge in [0.15, 0.2) is 6.61 Å². The van der Waals surface area contributed by atoms with Crippen LogP contribution in [-0.4, -0.2) is 23.6 Å². The van der Waals surface area contributed by atoms with Crippen LogP contribution in [0.15, 0.2) is 72.8 Å². The van der Waals surface area contributed by atoms with E-state index in [0.29, 0.717) is 10.6 Å². The lowest BCUT2D eigenvalue weighted by Gasteiger charge is -2.14. The van der Waals surface area contributed by atoms with E-state index in [4.69, 9.17) is 16.3 Å². The topological polar surface area (TPSA) is 75.6 Å². The largest absolute Gasteiger partial charge is 0.508 e. The van der Waals surface area contributed by atoms with Crippen molar-refractivity contribution in [3.05, 3.63) is 88.9 Å². The zero-order valence-electron chi connectivity index (χ0n) is 15.8. The van der Waals surface area contributed by atoms with Crippen molar-refractivity contribution < 1.29 is 19.4 Å². The Morgan fingerprint density at radius 3 is 2.24 bits per heavy atom. The fourth-order valence-electron chi connectivity index (χ4n) is 2.81. The van der Waals surface area contributed by atoms with Gasteiger partial charge >= 0.3 is 5.97 Å². The smallest absolute Gasteiger partial charge is 0.338 e. The zero-order valence-corrected chi connectivity index (χ0v) is 16.5. The lowest BCUT2D eigenvalue weighted by atomic mass is 10.0. The Morgan fingerprint density at radius 1 is 1.00 bits per heavy atom. The molecule has 0 radical (unpaired) electrons. The van der Waals surface area contributed by atoms with E-state index in [1.54, 1.807) is 60.7 Å². The standard InChI is InChI=1S/C23H20ClNO4/c1-15(19-3-2-4-20(24)13-19)25-22(27)14-29-23(28)18-7-5-16(6-8-18)17-9-11-21(26)12-10-17/h2-13,15,26H,14H2,1H3,(H,25,27)/t15-/m1/s1. The summed E-state index contributed by atoms with van der Waals surface area (Å²) >= 11 is 5.96. The number of nitrogens with one attached hydrogen (secondary N) is 1. The molecule has 1 amide bonds. The summed E-state index contributed by atoms with van der Waals surface area (Å²) < 4.78 is 5.10. The van der Waals surface area contributed by atoms with Gasteiger partial charge in [-0.1, -0.05) is 48.0 Å². The minimum Gasteiger partial charge on any atom is -0.508 e. The highest BCUT2D eigenvalue weighted by Crippen LogP contribution is 2.22. The van der Waals surface area contributed by atoms with E-state index < -0.39 is 11.9 Å². The van der Waals surface area contributed by atoms with Crippen molar-refractivity contribution in [1.82, 2.24) is 5.32 Å². The van der Waals surface area contributed by atoms with Gasteiger partial charge in [0.2, 0.25) is 0 Å². The van der Waals surface area contributed by atoms with Crippen molar-refractivity contribution in [3.8, 4) is 16.9 Å². The van der Waals surface area contributed by atoms with E-state index >= 15 is 0 Å². The molecular weight excluding hydrogens is 390 g/mol. The van der Waals surface area contributed by atoms with Crippen LogP contribution < -0.4 is 5.32 Å². The summed E-state index contributed by atoms with van der Waals surface area (Å²) in [5, 5.41) is 12.7. The minimum atomic E-state index is -0.576. The molecule has 0 aliphatic rings. The molecule has 29 heavy (non-hydrogen) atoms. The number of carbonyl (C=O) groups excluding carboxylic acids is 2. The Hall–Kier alpha value is -3.31. The number of esters is 1. The van der Waals surface area contributed by atoms with Gasteiger partial charge in [0, 0.05) is 5.02 Å². The van der Waals surface area contributed by atoms with Crippen molar-refractivity contribution in [2.24, 2.45) is 0 Å². The highest BCUT2D eigenvalue weighted by molar-refractivity contribution is 6.30. The highest BCUT2D eigenvalue weighted by Gasteiger charge is 2.13. The lowest BCUT2D eigenvalue weighted by molar-refractivity contribution is -0.124. The summed E-state index contributed by atoms with van der Waals surface area (Å²) in [6.45, 7) is 1.46.